The molecule has 3 N–H and O–H groups in total. The summed E-state index contributed by atoms with van der Waals surface area (Å²) in [5, 5.41) is 13.5. The minimum absolute atomic E-state index is 0.105. The fourth-order valence-electron chi connectivity index (χ4n) is 5.28. The molecule has 5 nitrogen and oxygen atoms in total. The fourth-order valence-corrected chi connectivity index (χ4v) is 5.28. The molecule has 3 aromatic rings. The Hall–Kier alpha value is -3.00. The largest absolute Gasteiger partial charge is 0.483 e. The van der Waals surface area contributed by atoms with Crippen LogP contribution in [0.15, 0.2) is 48.7 Å². The normalized spacial score (nSPS) is 24.1. The van der Waals surface area contributed by atoms with Crippen LogP contribution < -0.4 is 10.1 Å². The van der Waals surface area contributed by atoms with E-state index in [0.717, 1.165) is 23.4 Å². The van der Waals surface area contributed by atoms with Crippen LogP contribution in [0.2, 0.25) is 0 Å². The minimum atomic E-state index is -4.46. The molecule has 2 aliphatic rings. The Morgan fingerprint density at radius 2 is 1.83 bits per heavy atom. The van der Waals surface area contributed by atoms with E-state index < -0.39 is 22.8 Å². The van der Waals surface area contributed by atoms with Gasteiger partial charge in [0.1, 0.15) is 11.4 Å². The van der Waals surface area contributed by atoms with Gasteiger partial charge in [0.05, 0.1) is 17.4 Å². The van der Waals surface area contributed by atoms with Gasteiger partial charge in [0.25, 0.3) is 0 Å². The molecule has 1 aromatic heterocycles. The highest BCUT2D eigenvalue weighted by atomic mass is 19.4. The molecule has 0 aliphatic heterocycles. The SMILES string of the molecule is CC1(C(=O)Nc2c[nH]c3ccc(OC4(c5ccccc5C(F)(F)F)CCC4)cc23)CCC(O)CC1. The Labute approximate surface area is 201 Å². The van der Waals surface area contributed by atoms with Gasteiger partial charge in [-0.05, 0) is 69.2 Å². The number of alkyl halides is 3. The number of ether oxygens (including phenoxy) is 1. The third kappa shape index (κ3) is 4.40. The Morgan fingerprint density at radius 1 is 1.11 bits per heavy atom. The Kier molecular flexibility index (Phi) is 5.82. The predicted octanol–water partition coefficient (Wildman–Crippen LogP) is 6.52. The highest BCUT2D eigenvalue weighted by Gasteiger charge is 2.47. The van der Waals surface area contributed by atoms with Crippen molar-refractivity contribution in [1.82, 2.24) is 4.98 Å². The molecular weight excluding hydrogens is 457 g/mol. The summed E-state index contributed by atoms with van der Waals surface area (Å²) in [4.78, 5) is 16.2. The van der Waals surface area contributed by atoms with Crippen LogP contribution in [-0.2, 0) is 16.6 Å². The van der Waals surface area contributed by atoms with Crippen molar-refractivity contribution in [2.75, 3.05) is 5.32 Å². The average Bonchev–Trinajstić information content (AvgIpc) is 3.20. The molecule has 2 aliphatic carbocycles. The number of carbonyl (C=O) groups is 1. The Morgan fingerprint density at radius 3 is 2.49 bits per heavy atom. The molecule has 1 amide bonds. The van der Waals surface area contributed by atoms with Gasteiger partial charge in [0.2, 0.25) is 5.91 Å². The quantitative estimate of drug-likeness (QED) is 0.384. The molecule has 2 fully saturated rings. The lowest BCUT2D eigenvalue weighted by atomic mass is 9.73. The van der Waals surface area contributed by atoms with E-state index in [9.17, 15) is 23.1 Å². The van der Waals surface area contributed by atoms with Crippen LogP contribution in [-0.4, -0.2) is 22.1 Å². The first-order chi connectivity index (χ1) is 16.6. The third-order valence-electron chi connectivity index (χ3n) is 7.71. The number of anilines is 1. The molecule has 0 atom stereocenters. The maximum atomic E-state index is 13.7. The maximum Gasteiger partial charge on any atom is 0.416 e. The zero-order valence-corrected chi connectivity index (χ0v) is 19.5. The molecule has 0 bridgehead atoms. The monoisotopic (exact) mass is 486 g/mol. The van der Waals surface area contributed by atoms with Crippen molar-refractivity contribution >= 4 is 22.5 Å². The van der Waals surface area contributed by atoms with E-state index in [1.54, 1.807) is 30.5 Å². The van der Waals surface area contributed by atoms with Gasteiger partial charge >= 0.3 is 6.18 Å². The van der Waals surface area contributed by atoms with Crippen molar-refractivity contribution in [1.29, 1.82) is 0 Å². The number of nitrogens with one attached hydrogen (secondary N) is 2. The molecule has 186 valence electrons. The van der Waals surface area contributed by atoms with Gasteiger partial charge in [-0.25, -0.2) is 0 Å². The second kappa shape index (κ2) is 8.59. The van der Waals surface area contributed by atoms with Gasteiger partial charge in [-0.3, -0.25) is 4.79 Å². The van der Waals surface area contributed by atoms with Crippen molar-refractivity contribution in [3.8, 4) is 5.75 Å². The number of halogens is 3. The van der Waals surface area contributed by atoms with E-state index in [1.165, 1.54) is 12.1 Å². The molecule has 0 spiro atoms. The highest BCUT2D eigenvalue weighted by Crippen LogP contribution is 2.49. The Bertz CT molecular complexity index is 1240. The number of H-pyrrole nitrogens is 1. The van der Waals surface area contributed by atoms with E-state index in [-0.39, 0.29) is 17.6 Å². The van der Waals surface area contributed by atoms with Crippen LogP contribution in [0.1, 0.15) is 63.0 Å². The summed E-state index contributed by atoms with van der Waals surface area (Å²) in [5.74, 6) is 0.350. The lowest BCUT2D eigenvalue weighted by Gasteiger charge is -2.43. The summed E-state index contributed by atoms with van der Waals surface area (Å²) in [6.07, 6.45) is 1.08. The first kappa shape index (κ1) is 23.7. The molecule has 2 saturated carbocycles. The summed E-state index contributed by atoms with van der Waals surface area (Å²) in [6, 6.07) is 10.9. The summed E-state index contributed by atoms with van der Waals surface area (Å²) < 4.78 is 47.4. The van der Waals surface area contributed by atoms with Gasteiger partial charge < -0.3 is 20.1 Å². The van der Waals surface area contributed by atoms with Crippen LogP contribution >= 0.6 is 0 Å². The van der Waals surface area contributed by atoms with Crippen molar-refractivity contribution in [3.05, 3.63) is 59.8 Å². The number of hydrogen-bond acceptors (Lipinski definition) is 3. The highest BCUT2D eigenvalue weighted by molar-refractivity contribution is 6.03. The van der Waals surface area contributed by atoms with E-state index in [0.29, 0.717) is 50.0 Å². The predicted molar refractivity (Wildman–Crippen MR) is 127 cm³/mol. The number of aliphatic hydroxyl groups is 1. The lowest BCUT2D eigenvalue weighted by Crippen LogP contribution is -2.41. The number of amides is 1. The summed E-state index contributed by atoms with van der Waals surface area (Å²) in [5.41, 5.74) is -0.712. The number of aromatic nitrogens is 1. The van der Waals surface area contributed by atoms with Gasteiger partial charge in [-0.15, -0.1) is 0 Å². The van der Waals surface area contributed by atoms with Gasteiger partial charge in [-0.1, -0.05) is 25.1 Å². The van der Waals surface area contributed by atoms with E-state index in [1.807, 2.05) is 6.92 Å². The molecule has 0 radical (unpaired) electrons. The first-order valence-electron chi connectivity index (χ1n) is 12.1. The van der Waals surface area contributed by atoms with Crippen LogP contribution in [0, 0.1) is 5.41 Å². The molecule has 0 saturated heterocycles. The molecule has 0 unspecified atom stereocenters. The number of benzene rings is 2. The second-order valence-electron chi connectivity index (χ2n) is 10.1. The van der Waals surface area contributed by atoms with Crippen molar-refractivity contribution < 1.29 is 27.8 Å². The molecule has 8 heteroatoms. The lowest BCUT2D eigenvalue weighted by molar-refractivity contribution is -0.141. The van der Waals surface area contributed by atoms with Crippen LogP contribution in [0.4, 0.5) is 18.9 Å². The second-order valence-corrected chi connectivity index (χ2v) is 10.1. The van der Waals surface area contributed by atoms with Crippen LogP contribution in [0.25, 0.3) is 10.9 Å². The maximum absolute atomic E-state index is 13.7. The number of carbonyl (C=O) groups excluding carboxylic acids is 1. The van der Waals surface area contributed by atoms with Gasteiger partial charge in [-0.2, -0.15) is 13.2 Å². The number of aromatic amines is 1. The summed E-state index contributed by atoms with van der Waals surface area (Å²) >= 11 is 0. The third-order valence-corrected chi connectivity index (χ3v) is 7.71. The van der Waals surface area contributed by atoms with Crippen molar-refractivity contribution in [2.45, 2.75) is 69.8 Å². The zero-order valence-electron chi connectivity index (χ0n) is 19.5. The summed E-state index contributed by atoms with van der Waals surface area (Å²) in [7, 11) is 0. The molecule has 1 heterocycles. The van der Waals surface area contributed by atoms with Crippen LogP contribution in [0.3, 0.4) is 0 Å². The topological polar surface area (TPSA) is 74.4 Å². The average molecular weight is 487 g/mol. The number of hydrogen-bond donors (Lipinski definition) is 3. The number of fused-ring (bicyclic) bond motifs is 1. The Balaban J connectivity index is 1.42. The van der Waals surface area contributed by atoms with Crippen molar-refractivity contribution in [2.24, 2.45) is 5.41 Å². The van der Waals surface area contributed by atoms with E-state index in [4.69, 9.17) is 4.74 Å². The number of rotatable bonds is 5. The van der Waals surface area contributed by atoms with Crippen molar-refractivity contribution in [3.63, 3.8) is 0 Å². The molecule has 5 rings (SSSR count). The van der Waals surface area contributed by atoms with Gasteiger partial charge in [0, 0.05) is 28.1 Å². The van der Waals surface area contributed by atoms with E-state index >= 15 is 0 Å². The summed E-state index contributed by atoms with van der Waals surface area (Å²) in [6.45, 7) is 1.91. The smallest absolute Gasteiger partial charge is 0.416 e. The van der Waals surface area contributed by atoms with Gasteiger partial charge in [0.15, 0.2) is 0 Å². The first-order valence-corrected chi connectivity index (χ1v) is 12.1. The standard InChI is InChI=1S/C27H29F3N2O3/c1-25(13-9-17(33)10-14-25)24(34)32-23-16-31-22-8-7-18(15-19(22)23)35-26(11-4-12-26)20-5-2-3-6-21(20)27(28,29)30/h2-3,5-8,15-17,31,33H,4,9-14H2,1H3,(H,32,34). The minimum Gasteiger partial charge on any atom is -0.483 e. The molecule has 2 aromatic carbocycles. The van der Waals surface area contributed by atoms with Crippen LogP contribution in [0.5, 0.6) is 5.75 Å². The zero-order chi connectivity index (χ0) is 24.8. The molecule has 35 heavy (non-hydrogen) atoms. The van der Waals surface area contributed by atoms with E-state index in [2.05, 4.69) is 10.3 Å². The molecular formula is C27H29F3N2O3. The number of aliphatic hydroxyl groups excluding tert-OH is 1. The fraction of sp³-hybridized carbons (Fsp3) is 0.444.